The number of carbonyl (C=O) groups excluding carboxylic acids is 1. The lowest BCUT2D eigenvalue weighted by atomic mass is 9.90. The SMILES string of the molecule is O=C(C1CC=CCC1)N1CC(c2noc(C3CCCN3CC3CC3)n2)C1. The number of hydrogen-bond acceptors (Lipinski definition) is 5. The highest BCUT2D eigenvalue weighted by molar-refractivity contribution is 5.80. The van der Waals surface area contributed by atoms with Gasteiger partial charge in [-0.15, -0.1) is 0 Å². The van der Waals surface area contributed by atoms with E-state index in [1.165, 1.54) is 25.8 Å². The Morgan fingerprint density at radius 1 is 1.19 bits per heavy atom. The summed E-state index contributed by atoms with van der Waals surface area (Å²) in [7, 11) is 0. The van der Waals surface area contributed by atoms with Gasteiger partial charge in [-0.05, 0) is 57.4 Å². The zero-order valence-electron chi connectivity index (χ0n) is 15.3. The lowest BCUT2D eigenvalue weighted by Gasteiger charge is -2.39. The Labute approximate surface area is 154 Å². The molecule has 26 heavy (non-hydrogen) atoms. The van der Waals surface area contributed by atoms with Crippen LogP contribution in [0.25, 0.3) is 0 Å². The average Bonchev–Trinajstić information content (AvgIpc) is 3.12. The molecule has 2 atom stereocenters. The van der Waals surface area contributed by atoms with Gasteiger partial charge in [0.05, 0.1) is 12.0 Å². The smallest absolute Gasteiger partial charge is 0.244 e. The van der Waals surface area contributed by atoms with Gasteiger partial charge in [0, 0.05) is 25.6 Å². The van der Waals surface area contributed by atoms with Crippen LogP contribution in [-0.4, -0.2) is 52.0 Å². The second-order valence-electron chi connectivity index (χ2n) is 8.51. The van der Waals surface area contributed by atoms with Gasteiger partial charge in [-0.25, -0.2) is 0 Å². The Morgan fingerprint density at radius 2 is 2.08 bits per heavy atom. The van der Waals surface area contributed by atoms with Crippen molar-refractivity contribution in [2.45, 2.75) is 56.9 Å². The molecule has 0 spiro atoms. The Kier molecular flexibility index (Phi) is 4.31. The third kappa shape index (κ3) is 3.20. The van der Waals surface area contributed by atoms with Crippen LogP contribution >= 0.6 is 0 Å². The molecule has 3 fully saturated rings. The predicted molar refractivity (Wildman–Crippen MR) is 96.4 cm³/mol. The number of allylic oxidation sites excluding steroid dienone is 2. The van der Waals surface area contributed by atoms with E-state index in [0.29, 0.717) is 11.9 Å². The van der Waals surface area contributed by atoms with E-state index in [-0.39, 0.29) is 11.8 Å². The minimum absolute atomic E-state index is 0.177. The predicted octanol–water partition coefficient (Wildman–Crippen LogP) is 2.90. The van der Waals surface area contributed by atoms with E-state index in [2.05, 4.69) is 22.2 Å². The molecule has 0 bridgehead atoms. The van der Waals surface area contributed by atoms with Crippen molar-refractivity contribution in [3.63, 3.8) is 0 Å². The number of carbonyl (C=O) groups is 1. The van der Waals surface area contributed by atoms with Crippen molar-refractivity contribution in [1.82, 2.24) is 19.9 Å². The first kappa shape index (κ1) is 16.5. The Balaban J connectivity index is 1.17. The van der Waals surface area contributed by atoms with E-state index in [1.807, 2.05) is 4.90 Å². The molecule has 0 radical (unpaired) electrons. The summed E-state index contributed by atoms with van der Waals surface area (Å²) in [5, 5.41) is 4.26. The van der Waals surface area contributed by atoms with Gasteiger partial charge in [0.25, 0.3) is 0 Å². The standard InChI is InChI=1S/C20H28N4O2/c25-20(15-5-2-1-3-6-15)24-12-16(13-24)18-21-19(26-22-18)17-7-4-10-23(17)11-14-8-9-14/h1-2,14-17H,3-13H2. The van der Waals surface area contributed by atoms with E-state index in [0.717, 1.165) is 63.0 Å². The van der Waals surface area contributed by atoms with Crippen molar-refractivity contribution in [2.75, 3.05) is 26.2 Å². The van der Waals surface area contributed by atoms with Crippen LogP contribution in [-0.2, 0) is 4.79 Å². The summed E-state index contributed by atoms with van der Waals surface area (Å²) < 4.78 is 5.63. The van der Waals surface area contributed by atoms with Crippen molar-refractivity contribution in [3.05, 3.63) is 23.9 Å². The number of likely N-dealkylation sites (tertiary alicyclic amines) is 2. The third-order valence-electron chi connectivity index (χ3n) is 6.47. The fourth-order valence-electron chi connectivity index (χ4n) is 4.60. The van der Waals surface area contributed by atoms with Gasteiger partial charge in [0.1, 0.15) is 0 Å². The maximum absolute atomic E-state index is 12.5. The van der Waals surface area contributed by atoms with E-state index in [1.54, 1.807) is 0 Å². The Morgan fingerprint density at radius 3 is 2.85 bits per heavy atom. The molecule has 2 saturated heterocycles. The summed E-state index contributed by atoms with van der Waals surface area (Å²) in [6.45, 7) is 3.83. The molecule has 5 rings (SSSR count). The van der Waals surface area contributed by atoms with E-state index >= 15 is 0 Å². The number of aromatic nitrogens is 2. The molecule has 6 nitrogen and oxygen atoms in total. The van der Waals surface area contributed by atoms with Gasteiger partial charge in [0.15, 0.2) is 5.82 Å². The quantitative estimate of drug-likeness (QED) is 0.759. The maximum atomic E-state index is 12.5. The van der Waals surface area contributed by atoms with Gasteiger partial charge in [-0.2, -0.15) is 4.98 Å². The van der Waals surface area contributed by atoms with E-state index < -0.39 is 0 Å². The second kappa shape index (κ2) is 6.80. The second-order valence-corrected chi connectivity index (χ2v) is 8.51. The van der Waals surface area contributed by atoms with E-state index in [9.17, 15) is 4.79 Å². The van der Waals surface area contributed by atoms with Crippen LogP contribution in [0, 0.1) is 11.8 Å². The van der Waals surface area contributed by atoms with Crippen molar-refractivity contribution >= 4 is 5.91 Å². The zero-order chi connectivity index (χ0) is 17.5. The summed E-state index contributed by atoms with van der Waals surface area (Å²) in [5.41, 5.74) is 0. The molecule has 2 unspecified atom stereocenters. The minimum Gasteiger partial charge on any atom is -0.341 e. The van der Waals surface area contributed by atoms with Gasteiger partial charge in [-0.3, -0.25) is 9.69 Å². The van der Waals surface area contributed by atoms with Crippen LogP contribution in [0.5, 0.6) is 0 Å². The highest BCUT2D eigenvalue weighted by Gasteiger charge is 2.39. The highest BCUT2D eigenvalue weighted by Crippen LogP contribution is 2.38. The molecule has 2 aliphatic heterocycles. The largest absolute Gasteiger partial charge is 0.341 e. The molecular weight excluding hydrogens is 328 g/mol. The molecule has 3 heterocycles. The summed E-state index contributed by atoms with van der Waals surface area (Å²) in [5.74, 6) is 3.20. The molecule has 1 saturated carbocycles. The fourth-order valence-corrected chi connectivity index (χ4v) is 4.60. The molecule has 1 amide bonds. The lowest BCUT2D eigenvalue weighted by Crippen LogP contribution is -2.51. The average molecular weight is 356 g/mol. The number of rotatable bonds is 5. The summed E-state index contributed by atoms with van der Waals surface area (Å²) in [6.07, 6.45) is 12.3. The van der Waals surface area contributed by atoms with Gasteiger partial charge in [0.2, 0.25) is 11.8 Å². The summed E-state index contributed by atoms with van der Waals surface area (Å²) >= 11 is 0. The zero-order valence-corrected chi connectivity index (χ0v) is 15.3. The summed E-state index contributed by atoms with van der Waals surface area (Å²) in [6, 6.07) is 0.309. The van der Waals surface area contributed by atoms with Gasteiger partial charge in [-0.1, -0.05) is 17.3 Å². The number of nitrogens with zero attached hydrogens (tertiary/aromatic N) is 4. The summed E-state index contributed by atoms with van der Waals surface area (Å²) in [4.78, 5) is 21.8. The van der Waals surface area contributed by atoms with Crippen LogP contribution in [0.15, 0.2) is 16.7 Å². The monoisotopic (exact) mass is 356 g/mol. The van der Waals surface area contributed by atoms with Crippen LogP contribution in [0.1, 0.15) is 68.6 Å². The molecule has 1 aromatic heterocycles. The van der Waals surface area contributed by atoms with Crippen LogP contribution in [0.4, 0.5) is 0 Å². The fraction of sp³-hybridized carbons (Fsp3) is 0.750. The first-order valence-electron chi connectivity index (χ1n) is 10.3. The molecule has 6 heteroatoms. The normalized spacial score (nSPS) is 29.9. The highest BCUT2D eigenvalue weighted by atomic mass is 16.5. The van der Waals surface area contributed by atoms with Gasteiger partial charge >= 0.3 is 0 Å². The molecule has 2 aliphatic carbocycles. The molecule has 1 aromatic rings. The number of hydrogen-bond donors (Lipinski definition) is 0. The molecule has 0 N–H and O–H groups in total. The third-order valence-corrected chi connectivity index (χ3v) is 6.47. The topological polar surface area (TPSA) is 62.5 Å². The van der Waals surface area contributed by atoms with Crippen molar-refractivity contribution in [2.24, 2.45) is 11.8 Å². The molecule has 140 valence electrons. The molecule has 4 aliphatic rings. The Bertz CT molecular complexity index is 690. The van der Waals surface area contributed by atoms with Crippen LogP contribution < -0.4 is 0 Å². The number of amides is 1. The Hall–Kier alpha value is -1.69. The lowest BCUT2D eigenvalue weighted by molar-refractivity contribution is -0.140. The molecular formula is C20H28N4O2. The first-order valence-corrected chi connectivity index (χ1v) is 10.3. The maximum Gasteiger partial charge on any atom is 0.244 e. The minimum atomic E-state index is 0.177. The van der Waals surface area contributed by atoms with Crippen molar-refractivity contribution in [3.8, 4) is 0 Å². The molecule has 0 aromatic carbocycles. The van der Waals surface area contributed by atoms with Crippen LogP contribution in [0.2, 0.25) is 0 Å². The van der Waals surface area contributed by atoms with Crippen molar-refractivity contribution < 1.29 is 9.32 Å². The van der Waals surface area contributed by atoms with Crippen LogP contribution in [0.3, 0.4) is 0 Å². The van der Waals surface area contributed by atoms with Gasteiger partial charge < -0.3 is 9.42 Å². The van der Waals surface area contributed by atoms with Crippen molar-refractivity contribution in [1.29, 1.82) is 0 Å². The first-order chi connectivity index (χ1) is 12.8. The van der Waals surface area contributed by atoms with E-state index in [4.69, 9.17) is 9.51 Å².